The molecule has 2 fully saturated rings. The van der Waals surface area contributed by atoms with Gasteiger partial charge in [0.25, 0.3) is 5.91 Å². The van der Waals surface area contributed by atoms with Crippen molar-refractivity contribution in [1.82, 2.24) is 10.2 Å². The number of para-hydroxylation sites is 1. The lowest BCUT2D eigenvalue weighted by Crippen LogP contribution is -2.54. The van der Waals surface area contributed by atoms with Gasteiger partial charge >= 0.3 is 6.03 Å². The summed E-state index contributed by atoms with van der Waals surface area (Å²) < 4.78 is 0. The second kappa shape index (κ2) is 11.2. The molecule has 4 amide bonds. The van der Waals surface area contributed by atoms with Gasteiger partial charge in [-0.1, -0.05) is 43.5 Å². The van der Waals surface area contributed by atoms with E-state index in [2.05, 4.69) is 10.6 Å². The van der Waals surface area contributed by atoms with Crippen molar-refractivity contribution < 1.29 is 14.4 Å². The molecule has 2 aliphatic heterocycles. The van der Waals surface area contributed by atoms with Gasteiger partial charge in [0.05, 0.1) is 5.69 Å². The Morgan fingerprint density at radius 1 is 1.00 bits per heavy atom. The third kappa shape index (κ3) is 5.95. The minimum absolute atomic E-state index is 0.0128. The van der Waals surface area contributed by atoms with Crippen LogP contribution in [0.2, 0.25) is 0 Å². The monoisotopic (exact) mass is 520 g/mol. The fourth-order valence-electron chi connectivity index (χ4n) is 5.94. The first-order valence-electron chi connectivity index (χ1n) is 13.4. The Hall–Kier alpha value is -3.00. The predicted molar refractivity (Wildman–Crippen MR) is 148 cm³/mol. The number of benzene rings is 2. The number of anilines is 2. The van der Waals surface area contributed by atoms with Crippen molar-refractivity contribution in [1.29, 1.82) is 0 Å². The van der Waals surface area contributed by atoms with E-state index in [0.717, 1.165) is 42.1 Å². The Morgan fingerprint density at radius 2 is 1.76 bits per heavy atom. The Bertz CT molecular complexity index is 1150. The molecular formula is C29H36N4O3S. The highest BCUT2D eigenvalue weighted by Gasteiger charge is 2.38. The molecule has 8 heteroatoms. The topological polar surface area (TPSA) is 81.8 Å². The van der Waals surface area contributed by atoms with Gasteiger partial charge in [-0.3, -0.25) is 9.59 Å². The maximum atomic E-state index is 13.7. The molecule has 7 nitrogen and oxygen atoms in total. The second-order valence-electron chi connectivity index (χ2n) is 10.7. The Morgan fingerprint density at radius 3 is 2.51 bits per heavy atom. The Labute approximate surface area is 223 Å². The van der Waals surface area contributed by atoms with Gasteiger partial charge in [0.2, 0.25) is 5.91 Å². The fraction of sp³-hybridized carbons (Fsp3) is 0.483. The zero-order chi connectivity index (χ0) is 25.8. The number of carbonyl (C=O) groups is 3. The summed E-state index contributed by atoms with van der Waals surface area (Å²) in [5, 5.41) is 5.67. The lowest BCUT2D eigenvalue weighted by Gasteiger charge is -2.44. The fourth-order valence-corrected chi connectivity index (χ4v) is 7.01. The van der Waals surface area contributed by atoms with Gasteiger partial charge in [-0.25, -0.2) is 4.79 Å². The Kier molecular flexibility index (Phi) is 7.74. The molecule has 1 atom stereocenters. The van der Waals surface area contributed by atoms with Crippen LogP contribution in [0.4, 0.5) is 16.2 Å². The molecule has 1 saturated carbocycles. The summed E-state index contributed by atoms with van der Waals surface area (Å²) in [4.78, 5) is 44.3. The molecule has 2 aromatic carbocycles. The molecule has 37 heavy (non-hydrogen) atoms. The van der Waals surface area contributed by atoms with Gasteiger partial charge in [0.15, 0.2) is 0 Å². The number of nitrogens with zero attached hydrogens (tertiary/aromatic N) is 2. The summed E-state index contributed by atoms with van der Waals surface area (Å²) in [5.41, 5.74) is 2.85. The lowest BCUT2D eigenvalue weighted by atomic mass is 9.68. The largest absolute Gasteiger partial charge is 0.341 e. The number of piperidine rings is 1. The molecule has 2 aromatic rings. The van der Waals surface area contributed by atoms with E-state index < -0.39 is 12.1 Å². The van der Waals surface area contributed by atoms with E-state index >= 15 is 0 Å². The number of fused-ring (bicyclic) bond motifs is 1. The number of urea groups is 1. The summed E-state index contributed by atoms with van der Waals surface area (Å²) in [6.45, 7) is 3.47. The normalized spacial score (nSPS) is 21.2. The summed E-state index contributed by atoms with van der Waals surface area (Å²) in [5.74, 6) is 0.114. The highest BCUT2D eigenvalue weighted by molar-refractivity contribution is 7.99. The highest BCUT2D eigenvalue weighted by Crippen LogP contribution is 2.44. The number of likely N-dealkylation sites (tertiary alicyclic amines) is 1. The highest BCUT2D eigenvalue weighted by atomic mass is 32.2. The first-order chi connectivity index (χ1) is 17.9. The van der Waals surface area contributed by atoms with Crippen molar-refractivity contribution in [2.24, 2.45) is 5.41 Å². The van der Waals surface area contributed by atoms with Crippen LogP contribution in [0.15, 0.2) is 53.4 Å². The molecule has 1 unspecified atom stereocenters. The minimum Gasteiger partial charge on any atom is -0.341 e. The molecule has 0 radical (unpaired) electrons. The van der Waals surface area contributed by atoms with E-state index in [9.17, 15) is 14.4 Å². The van der Waals surface area contributed by atoms with Crippen molar-refractivity contribution in [3.63, 3.8) is 0 Å². The first-order valence-corrected chi connectivity index (χ1v) is 14.4. The van der Waals surface area contributed by atoms with Crippen LogP contribution in [-0.4, -0.2) is 54.2 Å². The Balaban J connectivity index is 1.27. The van der Waals surface area contributed by atoms with E-state index in [0.29, 0.717) is 16.9 Å². The zero-order valence-electron chi connectivity index (χ0n) is 21.5. The van der Waals surface area contributed by atoms with Crippen LogP contribution in [0, 0.1) is 12.3 Å². The molecule has 0 bridgehead atoms. The third-order valence-corrected chi connectivity index (χ3v) is 9.25. The van der Waals surface area contributed by atoms with E-state index in [1.54, 1.807) is 4.90 Å². The van der Waals surface area contributed by atoms with Crippen molar-refractivity contribution in [3.05, 3.63) is 54.1 Å². The van der Waals surface area contributed by atoms with Crippen molar-refractivity contribution >= 4 is 41.0 Å². The first kappa shape index (κ1) is 25.6. The van der Waals surface area contributed by atoms with Crippen LogP contribution in [-0.2, 0) is 9.59 Å². The molecule has 2 heterocycles. The quantitative estimate of drug-likeness (QED) is 0.581. The molecular weight excluding hydrogens is 484 g/mol. The summed E-state index contributed by atoms with van der Waals surface area (Å²) in [7, 11) is 0. The second-order valence-corrected chi connectivity index (χ2v) is 11.7. The van der Waals surface area contributed by atoms with E-state index in [4.69, 9.17) is 0 Å². The third-order valence-electron chi connectivity index (χ3n) is 8.09. The zero-order valence-corrected chi connectivity index (χ0v) is 22.3. The molecule has 3 aliphatic rings. The summed E-state index contributed by atoms with van der Waals surface area (Å²) in [6, 6.07) is 14.0. The standard InChI is InChI=1S/C29H36N4O3S/c1-21-8-7-9-22(18-21)30-28(36)31-23-20-37-25-11-4-3-10-24(25)33(27(23)35)19-26(34)32-16-14-29(15-17-32)12-5-2-6-13-29/h3-4,7-11,18,23H,2,5-6,12-17,19-20H2,1H3,(H2,30,31,36). The molecule has 5 rings (SSSR count). The van der Waals surface area contributed by atoms with Gasteiger partial charge < -0.3 is 20.4 Å². The number of nitrogens with one attached hydrogen (secondary N) is 2. The summed E-state index contributed by atoms with van der Waals surface area (Å²) in [6.07, 6.45) is 8.61. The number of aryl methyl sites for hydroxylation is 1. The van der Waals surface area contributed by atoms with Gasteiger partial charge in [-0.15, -0.1) is 11.8 Å². The van der Waals surface area contributed by atoms with Gasteiger partial charge in [-0.2, -0.15) is 0 Å². The number of hydrogen-bond donors (Lipinski definition) is 2. The van der Waals surface area contributed by atoms with Crippen LogP contribution in [0.25, 0.3) is 0 Å². The molecule has 1 spiro atoms. The molecule has 2 N–H and O–H groups in total. The van der Waals surface area contributed by atoms with E-state index in [-0.39, 0.29) is 18.4 Å². The van der Waals surface area contributed by atoms with Gasteiger partial charge in [0.1, 0.15) is 12.6 Å². The molecule has 0 aromatic heterocycles. The SMILES string of the molecule is Cc1cccc(NC(=O)NC2CSc3ccccc3N(CC(=O)N3CCC4(CCCCC4)CC3)C2=O)c1. The van der Waals surface area contributed by atoms with Crippen molar-refractivity contribution in [2.45, 2.75) is 62.8 Å². The summed E-state index contributed by atoms with van der Waals surface area (Å²) >= 11 is 1.52. The van der Waals surface area contributed by atoms with E-state index in [1.807, 2.05) is 60.4 Å². The van der Waals surface area contributed by atoms with Crippen LogP contribution >= 0.6 is 11.8 Å². The average molecular weight is 521 g/mol. The molecule has 1 saturated heterocycles. The van der Waals surface area contributed by atoms with Gasteiger partial charge in [-0.05, 0) is 67.9 Å². The van der Waals surface area contributed by atoms with E-state index in [1.165, 1.54) is 43.9 Å². The number of amides is 4. The maximum absolute atomic E-state index is 13.7. The molecule has 1 aliphatic carbocycles. The van der Waals surface area contributed by atoms with Crippen LogP contribution < -0.4 is 15.5 Å². The smallest absolute Gasteiger partial charge is 0.319 e. The van der Waals surface area contributed by atoms with Crippen LogP contribution in [0.3, 0.4) is 0 Å². The maximum Gasteiger partial charge on any atom is 0.319 e. The average Bonchev–Trinajstić information content (AvgIpc) is 3.02. The lowest BCUT2D eigenvalue weighted by molar-refractivity contribution is -0.134. The number of carbonyl (C=O) groups excluding carboxylic acids is 3. The van der Waals surface area contributed by atoms with Crippen LogP contribution in [0.5, 0.6) is 0 Å². The van der Waals surface area contributed by atoms with Crippen molar-refractivity contribution in [2.75, 3.05) is 35.6 Å². The minimum atomic E-state index is -0.748. The number of hydrogen-bond acceptors (Lipinski definition) is 4. The van der Waals surface area contributed by atoms with Crippen LogP contribution in [0.1, 0.15) is 50.5 Å². The molecule has 196 valence electrons. The predicted octanol–water partition coefficient (Wildman–Crippen LogP) is 5.20. The van der Waals surface area contributed by atoms with Crippen molar-refractivity contribution in [3.8, 4) is 0 Å². The number of rotatable bonds is 4. The van der Waals surface area contributed by atoms with Gasteiger partial charge in [0, 0.05) is 29.4 Å². The number of thioether (sulfide) groups is 1.